The van der Waals surface area contributed by atoms with Crippen LogP contribution in [0.15, 0.2) is 18.2 Å². The van der Waals surface area contributed by atoms with Crippen molar-refractivity contribution in [1.29, 1.82) is 0 Å². The van der Waals surface area contributed by atoms with Gasteiger partial charge in [0.05, 0.1) is 5.88 Å². The minimum atomic E-state index is -3.13. The fourth-order valence-corrected chi connectivity index (χ4v) is 1.29. The number of ether oxygens (including phenoxy) is 2. The molecular formula is C9H7ClF4O2. The largest absolute Gasteiger partial charge is 0.431 e. The van der Waals surface area contributed by atoms with E-state index < -0.39 is 24.7 Å². The molecule has 0 N–H and O–H groups in total. The van der Waals surface area contributed by atoms with Gasteiger partial charge in [0.1, 0.15) is 0 Å². The highest BCUT2D eigenvalue weighted by molar-refractivity contribution is 6.17. The fourth-order valence-electron chi connectivity index (χ4n) is 1.08. The Labute approximate surface area is 93.7 Å². The lowest BCUT2D eigenvalue weighted by Gasteiger charge is -2.14. The summed E-state index contributed by atoms with van der Waals surface area (Å²) in [6.07, 6.45) is 0. The average molecular weight is 259 g/mol. The molecule has 16 heavy (non-hydrogen) atoms. The molecule has 2 nitrogen and oxygen atoms in total. The van der Waals surface area contributed by atoms with Gasteiger partial charge in [-0.05, 0) is 6.07 Å². The number of hydrogen-bond donors (Lipinski definition) is 0. The number of hydrogen-bond acceptors (Lipinski definition) is 2. The molecule has 0 aliphatic rings. The predicted octanol–water partition coefficient (Wildman–Crippen LogP) is 3.63. The van der Waals surface area contributed by atoms with Crippen molar-refractivity contribution in [2.75, 3.05) is 0 Å². The molecule has 0 heterocycles. The van der Waals surface area contributed by atoms with Gasteiger partial charge in [-0.3, -0.25) is 0 Å². The molecule has 0 aliphatic heterocycles. The van der Waals surface area contributed by atoms with E-state index >= 15 is 0 Å². The van der Waals surface area contributed by atoms with Gasteiger partial charge in [0.15, 0.2) is 11.5 Å². The highest BCUT2D eigenvalue weighted by Gasteiger charge is 2.17. The van der Waals surface area contributed by atoms with Crippen molar-refractivity contribution in [3.8, 4) is 11.5 Å². The molecule has 0 aliphatic carbocycles. The average Bonchev–Trinajstić information content (AvgIpc) is 2.19. The van der Waals surface area contributed by atoms with Crippen LogP contribution in [-0.4, -0.2) is 13.2 Å². The molecule has 1 aromatic rings. The maximum absolute atomic E-state index is 12.0. The van der Waals surface area contributed by atoms with Crippen molar-refractivity contribution in [3.63, 3.8) is 0 Å². The van der Waals surface area contributed by atoms with E-state index in [1.165, 1.54) is 12.1 Å². The van der Waals surface area contributed by atoms with Crippen LogP contribution >= 0.6 is 11.6 Å². The van der Waals surface area contributed by atoms with Gasteiger partial charge in [-0.25, -0.2) is 0 Å². The summed E-state index contributed by atoms with van der Waals surface area (Å²) in [5.74, 6) is -1.08. The summed E-state index contributed by atoms with van der Waals surface area (Å²) in [5.41, 5.74) is 0.153. The van der Waals surface area contributed by atoms with Gasteiger partial charge >= 0.3 is 13.2 Å². The topological polar surface area (TPSA) is 18.5 Å². The van der Waals surface area contributed by atoms with E-state index in [0.29, 0.717) is 0 Å². The monoisotopic (exact) mass is 258 g/mol. The van der Waals surface area contributed by atoms with Gasteiger partial charge < -0.3 is 9.47 Å². The standard InChI is InChI=1S/C9H7ClF4O2/c10-4-5-2-1-3-6(15-8(11)12)7(5)16-9(13)14/h1-3,8-9H,4H2. The Morgan fingerprint density at radius 1 is 1.06 bits per heavy atom. The Hall–Kier alpha value is -1.17. The van der Waals surface area contributed by atoms with Crippen LogP contribution in [0.2, 0.25) is 0 Å². The zero-order valence-electron chi connectivity index (χ0n) is 7.80. The number of rotatable bonds is 5. The minimum Gasteiger partial charge on any atom is -0.431 e. The zero-order chi connectivity index (χ0) is 12.1. The van der Waals surface area contributed by atoms with E-state index in [4.69, 9.17) is 11.6 Å². The van der Waals surface area contributed by atoms with Crippen molar-refractivity contribution in [2.45, 2.75) is 19.1 Å². The van der Waals surface area contributed by atoms with Crippen LogP contribution in [0.25, 0.3) is 0 Å². The minimum absolute atomic E-state index is 0.150. The summed E-state index contributed by atoms with van der Waals surface area (Å²) in [5, 5.41) is 0. The fraction of sp³-hybridized carbons (Fsp3) is 0.333. The molecule has 0 spiro atoms. The molecule has 0 bridgehead atoms. The molecule has 1 rings (SSSR count). The predicted molar refractivity (Wildman–Crippen MR) is 49.3 cm³/mol. The highest BCUT2D eigenvalue weighted by Crippen LogP contribution is 2.34. The van der Waals surface area contributed by atoms with Crippen LogP contribution in [0.4, 0.5) is 17.6 Å². The molecule has 90 valence electrons. The second kappa shape index (κ2) is 5.79. The van der Waals surface area contributed by atoms with Crippen molar-refractivity contribution in [3.05, 3.63) is 23.8 Å². The summed E-state index contributed by atoms with van der Waals surface area (Å²) in [6, 6.07) is 3.83. The Bertz CT molecular complexity index is 346. The lowest BCUT2D eigenvalue weighted by Crippen LogP contribution is -2.09. The molecule has 0 saturated heterocycles. The Kier molecular flexibility index (Phi) is 4.67. The third kappa shape index (κ3) is 3.44. The lowest BCUT2D eigenvalue weighted by atomic mass is 10.2. The van der Waals surface area contributed by atoms with Crippen LogP contribution in [0.1, 0.15) is 5.56 Å². The van der Waals surface area contributed by atoms with E-state index in [-0.39, 0.29) is 11.4 Å². The van der Waals surface area contributed by atoms with Gasteiger partial charge in [0.2, 0.25) is 0 Å². The lowest BCUT2D eigenvalue weighted by molar-refractivity contribution is -0.0695. The van der Waals surface area contributed by atoms with Crippen molar-refractivity contribution < 1.29 is 27.0 Å². The molecule has 0 fully saturated rings. The number of halogens is 5. The molecular weight excluding hydrogens is 252 g/mol. The van der Waals surface area contributed by atoms with Gasteiger partial charge in [-0.1, -0.05) is 12.1 Å². The summed E-state index contributed by atoms with van der Waals surface area (Å²) >= 11 is 5.46. The van der Waals surface area contributed by atoms with E-state index in [2.05, 4.69) is 9.47 Å². The summed E-state index contributed by atoms with van der Waals surface area (Å²) in [7, 11) is 0. The molecule has 1 aromatic carbocycles. The quantitative estimate of drug-likeness (QED) is 0.593. The van der Waals surface area contributed by atoms with Crippen LogP contribution in [0.3, 0.4) is 0 Å². The van der Waals surface area contributed by atoms with Gasteiger partial charge in [-0.15, -0.1) is 11.6 Å². The van der Waals surface area contributed by atoms with Gasteiger partial charge in [0, 0.05) is 5.56 Å². The maximum Gasteiger partial charge on any atom is 0.387 e. The maximum atomic E-state index is 12.0. The Balaban J connectivity index is 3.04. The molecule has 0 aromatic heterocycles. The number of benzene rings is 1. The van der Waals surface area contributed by atoms with E-state index in [9.17, 15) is 17.6 Å². The van der Waals surface area contributed by atoms with Crippen LogP contribution < -0.4 is 9.47 Å². The van der Waals surface area contributed by atoms with E-state index in [0.717, 1.165) is 6.07 Å². The normalized spacial score (nSPS) is 10.9. The van der Waals surface area contributed by atoms with Crippen LogP contribution in [0.5, 0.6) is 11.5 Å². The first-order chi connectivity index (χ1) is 7.54. The smallest absolute Gasteiger partial charge is 0.387 e. The Morgan fingerprint density at radius 2 is 1.69 bits per heavy atom. The number of para-hydroxylation sites is 1. The summed E-state index contributed by atoms with van der Waals surface area (Å²) in [6.45, 7) is -6.25. The first-order valence-electron chi connectivity index (χ1n) is 4.12. The highest BCUT2D eigenvalue weighted by atomic mass is 35.5. The second-order valence-corrected chi connectivity index (χ2v) is 2.90. The molecule has 0 amide bonds. The van der Waals surface area contributed by atoms with Crippen molar-refractivity contribution >= 4 is 11.6 Å². The first kappa shape index (κ1) is 12.9. The molecule has 0 unspecified atom stereocenters. The third-order valence-electron chi connectivity index (χ3n) is 1.63. The molecule has 0 saturated carbocycles. The SMILES string of the molecule is FC(F)Oc1cccc(CCl)c1OC(F)F. The summed E-state index contributed by atoms with van der Waals surface area (Å²) in [4.78, 5) is 0. The van der Waals surface area contributed by atoms with Crippen molar-refractivity contribution in [2.24, 2.45) is 0 Å². The second-order valence-electron chi connectivity index (χ2n) is 2.64. The summed E-state index contributed by atoms with van der Waals surface area (Å²) < 4.78 is 56.2. The molecule has 0 radical (unpaired) electrons. The third-order valence-corrected chi connectivity index (χ3v) is 1.92. The van der Waals surface area contributed by atoms with Crippen molar-refractivity contribution in [1.82, 2.24) is 0 Å². The van der Waals surface area contributed by atoms with Gasteiger partial charge in [-0.2, -0.15) is 17.6 Å². The number of alkyl halides is 5. The van der Waals surface area contributed by atoms with Crippen LogP contribution in [-0.2, 0) is 5.88 Å². The first-order valence-corrected chi connectivity index (χ1v) is 4.65. The molecule has 7 heteroatoms. The van der Waals surface area contributed by atoms with Gasteiger partial charge in [0.25, 0.3) is 0 Å². The van der Waals surface area contributed by atoms with E-state index in [1.807, 2.05) is 0 Å². The Morgan fingerprint density at radius 3 is 2.19 bits per heavy atom. The zero-order valence-corrected chi connectivity index (χ0v) is 8.56. The van der Waals surface area contributed by atoms with Crippen LogP contribution in [0, 0.1) is 0 Å². The molecule has 0 atom stereocenters. The van der Waals surface area contributed by atoms with E-state index in [1.54, 1.807) is 0 Å².